The van der Waals surface area contributed by atoms with Crippen LogP contribution in [0, 0.1) is 19.7 Å². The van der Waals surface area contributed by atoms with Gasteiger partial charge in [-0.3, -0.25) is 14.7 Å². The average Bonchev–Trinajstić information content (AvgIpc) is 2.88. The Morgan fingerprint density at radius 2 is 1.79 bits per heavy atom. The lowest BCUT2D eigenvalue weighted by molar-refractivity contribution is -0.121. The Morgan fingerprint density at radius 3 is 2.42 bits per heavy atom. The molecule has 0 aliphatic rings. The number of aryl methyl sites for hydroxylation is 2. The molecule has 0 fully saturated rings. The van der Waals surface area contributed by atoms with Gasteiger partial charge in [0.1, 0.15) is 5.82 Å². The number of halogens is 1. The summed E-state index contributed by atoms with van der Waals surface area (Å²) in [5.41, 5.74) is 3.34. The summed E-state index contributed by atoms with van der Waals surface area (Å²) in [4.78, 5) is 23.6. The molecule has 0 atom stereocenters. The zero-order chi connectivity index (χ0) is 17.5. The predicted octanol–water partition coefficient (Wildman–Crippen LogP) is 1.64. The van der Waals surface area contributed by atoms with Crippen molar-refractivity contribution in [2.45, 2.75) is 26.7 Å². The fourth-order valence-electron chi connectivity index (χ4n) is 2.35. The molecular weight excluding hydrogens is 311 g/mol. The second kappa shape index (κ2) is 8.24. The Balaban J connectivity index is 1.66. The molecule has 2 aromatic rings. The molecule has 0 aliphatic carbocycles. The van der Waals surface area contributed by atoms with Crippen LogP contribution in [0.15, 0.2) is 24.3 Å². The molecule has 0 spiro atoms. The summed E-state index contributed by atoms with van der Waals surface area (Å²) in [5, 5.41) is 12.4. The van der Waals surface area contributed by atoms with Crippen LogP contribution < -0.4 is 10.6 Å². The lowest BCUT2D eigenvalue weighted by atomic mass is 10.1. The van der Waals surface area contributed by atoms with Crippen LogP contribution in [0.1, 0.15) is 33.7 Å². The third kappa shape index (κ3) is 4.91. The molecule has 0 bridgehead atoms. The molecule has 6 nitrogen and oxygen atoms in total. The van der Waals surface area contributed by atoms with Gasteiger partial charge >= 0.3 is 0 Å². The van der Waals surface area contributed by atoms with Gasteiger partial charge in [-0.2, -0.15) is 5.10 Å². The molecule has 24 heavy (non-hydrogen) atoms. The van der Waals surface area contributed by atoms with Crippen LogP contribution in [0.3, 0.4) is 0 Å². The van der Waals surface area contributed by atoms with Gasteiger partial charge in [0, 0.05) is 30.8 Å². The van der Waals surface area contributed by atoms with E-state index in [4.69, 9.17) is 0 Å². The number of hydrogen-bond donors (Lipinski definition) is 3. The number of H-pyrrole nitrogens is 1. The largest absolute Gasteiger partial charge is 0.354 e. The van der Waals surface area contributed by atoms with Crippen molar-refractivity contribution < 1.29 is 14.0 Å². The minimum atomic E-state index is -0.387. The van der Waals surface area contributed by atoms with E-state index in [2.05, 4.69) is 20.8 Å². The Kier molecular flexibility index (Phi) is 6.06. The van der Waals surface area contributed by atoms with E-state index in [1.165, 1.54) is 24.3 Å². The highest BCUT2D eigenvalue weighted by Gasteiger charge is 2.09. The number of aromatic nitrogens is 2. The summed E-state index contributed by atoms with van der Waals surface area (Å²) in [5.74, 6) is -0.762. The zero-order valence-electron chi connectivity index (χ0n) is 13.8. The van der Waals surface area contributed by atoms with E-state index in [1.54, 1.807) is 0 Å². The Hall–Kier alpha value is -2.70. The van der Waals surface area contributed by atoms with Crippen molar-refractivity contribution in [3.63, 3.8) is 0 Å². The van der Waals surface area contributed by atoms with Gasteiger partial charge in [-0.15, -0.1) is 0 Å². The van der Waals surface area contributed by atoms with Crippen molar-refractivity contribution in [1.29, 1.82) is 0 Å². The molecule has 2 amide bonds. The monoisotopic (exact) mass is 332 g/mol. The molecule has 0 aliphatic heterocycles. The molecule has 128 valence electrons. The number of carbonyl (C=O) groups excluding carboxylic acids is 2. The van der Waals surface area contributed by atoms with Gasteiger partial charge in [-0.1, -0.05) is 0 Å². The molecule has 0 radical (unpaired) electrons. The molecule has 1 heterocycles. The van der Waals surface area contributed by atoms with Gasteiger partial charge in [-0.05, 0) is 50.1 Å². The van der Waals surface area contributed by atoms with Gasteiger partial charge in [0.2, 0.25) is 5.91 Å². The second-order valence-corrected chi connectivity index (χ2v) is 5.53. The van der Waals surface area contributed by atoms with Crippen LogP contribution in [0.2, 0.25) is 0 Å². The Morgan fingerprint density at radius 1 is 1.12 bits per heavy atom. The van der Waals surface area contributed by atoms with Crippen molar-refractivity contribution in [3.8, 4) is 0 Å². The van der Waals surface area contributed by atoms with Crippen LogP contribution in [-0.2, 0) is 11.2 Å². The number of nitrogens with one attached hydrogen (secondary N) is 3. The zero-order valence-corrected chi connectivity index (χ0v) is 13.8. The molecule has 0 saturated carbocycles. The minimum absolute atomic E-state index is 0.0777. The minimum Gasteiger partial charge on any atom is -0.354 e. The van der Waals surface area contributed by atoms with E-state index in [0.29, 0.717) is 31.5 Å². The van der Waals surface area contributed by atoms with E-state index >= 15 is 0 Å². The smallest absolute Gasteiger partial charge is 0.251 e. The number of aromatic amines is 1. The fourth-order valence-corrected chi connectivity index (χ4v) is 2.35. The van der Waals surface area contributed by atoms with Gasteiger partial charge in [0.25, 0.3) is 5.91 Å². The van der Waals surface area contributed by atoms with E-state index in [-0.39, 0.29) is 17.6 Å². The molecule has 7 heteroatoms. The van der Waals surface area contributed by atoms with Crippen molar-refractivity contribution in [3.05, 3.63) is 52.6 Å². The molecule has 0 saturated heterocycles. The number of amides is 2. The van der Waals surface area contributed by atoms with Crippen LogP contribution in [0.25, 0.3) is 0 Å². The fraction of sp³-hybridized carbons (Fsp3) is 0.353. The Bertz CT molecular complexity index is 690. The number of carbonyl (C=O) groups is 2. The number of rotatable bonds is 7. The van der Waals surface area contributed by atoms with Gasteiger partial charge in [0.15, 0.2) is 0 Å². The van der Waals surface area contributed by atoms with Crippen LogP contribution in [-0.4, -0.2) is 35.1 Å². The molecule has 2 rings (SSSR count). The van der Waals surface area contributed by atoms with E-state index in [9.17, 15) is 14.0 Å². The summed E-state index contributed by atoms with van der Waals surface area (Å²) in [6.45, 7) is 4.49. The van der Waals surface area contributed by atoms with E-state index in [0.717, 1.165) is 17.0 Å². The van der Waals surface area contributed by atoms with Gasteiger partial charge in [0.05, 0.1) is 5.69 Å². The van der Waals surface area contributed by atoms with Gasteiger partial charge < -0.3 is 10.6 Å². The number of benzene rings is 1. The van der Waals surface area contributed by atoms with Crippen molar-refractivity contribution in [2.24, 2.45) is 0 Å². The normalized spacial score (nSPS) is 10.5. The van der Waals surface area contributed by atoms with Gasteiger partial charge in [-0.25, -0.2) is 4.39 Å². The molecular formula is C17H21FN4O2. The van der Waals surface area contributed by atoms with E-state index in [1.807, 2.05) is 13.8 Å². The first-order valence-corrected chi connectivity index (χ1v) is 7.78. The highest BCUT2D eigenvalue weighted by Crippen LogP contribution is 2.11. The maximum absolute atomic E-state index is 12.8. The molecule has 0 unspecified atom stereocenters. The number of nitrogens with zero attached hydrogens (tertiary/aromatic N) is 1. The third-order valence-electron chi connectivity index (χ3n) is 3.72. The standard InChI is InChI=1S/C17H21FN4O2/c1-11-15(12(2)22-21-11)7-8-16(23)19-9-10-20-17(24)13-3-5-14(18)6-4-13/h3-6H,7-10H2,1-2H3,(H,19,23)(H,20,24)(H,21,22). The van der Waals surface area contributed by atoms with Crippen LogP contribution >= 0.6 is 0 Å². The van der Waals surface area contributed by atoms with Crippen molar-refractivity contribution in [1.82, 2.24) is 20.8 Å². The predicted molar refractivity (Wildman–Crippen MR) is 88.1 cm³/mol. The summed E-state index contributed by atoms with van der Waals surface area (Å²) in [6, 6.07) is 5.30. The maximum Gasteiger partial charge on any atom is 0.251 e. The number of hydrogen-bond acceptors (Lipinski definition) is 3. The van der Waals surface area contributed by atoms with Crippen molar-refractivity contribution in [2.75, 3.05) is 13.1 Å². The molecule has 1 aromatic heterocycles. The van der Waals surface area contributed by atoms with Crippen molar-refractivity contribution >= 4 is 11.8 Å². The average molecular weight is 332 g/mol. The summed E-state index contributed by atoms with van der Waals surface area (Å²) < 4.78 is 12.8. The lowest BCUT2D eigenvalue weighted by Crippen LogP contribution is -2.34. The maximum atomic E-state index is 12.8. The quantitative estimate of drug-likeness (QED) is 0.674. The van der Waals surface area contributed by atoms with E-state index < -0.39 is 0 Å². The molecule has 1 aromatic carbocycles. The van der Waals surface area contributed by atoms with Crippen LogP contribution in [0.5, 0.6) is 0 Å². The summed E-state index contributed by atoms with van der Waals surface area (Å²) in [7, 11) is 0. The Labute approximate surface area is 139 Å². The lowest BCUT2D eigenvalue weighted by Gasteiger charge is -2.07. The highest BCUT2D eigenvalue weighted by molar-refractivity contribution is 5.94. The third-order valence-corrected chi connectivity index (χ3v) is 3.72. The molecule has 3 N–H and O–H groups in total. The first kappa shape index (κ1) is 17.7. The second-order valence-electron chi connectivity index (χ2n) is 5.53. The first-order valence-electron chi connectivity index (χ1n) is 7.78. The summed E-state index contributed by atoms with van der Waals surface area (Å²) in [6.07, 6.45) is 0.995. The first-order chi connectivity index (χ1) is 11.5. The highest BCUT2D eigenvalue weighted by atomic mass is 19.1. The van der Waals surface area contributed by atoms with Crippen LogP contribution in [0.4, 0.5) is 4.39 Å². The topological polar surface area (TPSA) is 86.9 Å². The summed E-state index contributed by atoms with van der Waals surface area (Å²) >= 11 is 0. The SMILES string of the molecule is Cc1n[nH]c(C)c1CCC(=O)NCCNC(=O)c1ccc(F)cc1.